The zero-order valence-electron chi connectivity index (χ0n) is 9.77. The quantitative estimate of drug-likeness (QED) is 0.857. The monoisotopic (exact) mass is 253 g/mol. The van der Waals surface area contributed by atoms with Gasteiger partial charge in [-0.05, 0) is 29.3 Å². The maximum atomic E-state index is 11.8. The molecule has 0 radical (unpaired) electrons. The Kier molecular flexibility index (Phi) is 2.97. The highest BCUT2D eigenvalue weighted by Crippen LogP contribution is 2.35. The van der Waals surface area contributed by atoms with Crippen molar-refractivity contribution >= 4 is 15.4 Å². The van der Waals surface area contributed by atoms with Crippen molar-refractivity contribution < 1.29 is 13.5 Å². The number of fused-ring (bicyclic) bond motifs is 1. The highest BCUT2D eigenvalue weighted by atomic mass is 32.2. The van der Waals surface area contributed by atoms with Gasteiger partial charge < -0.3 is 10.4 Å². The summed E-state index contributed by atoms with van der Waals surface area (Å²) in [7, 11) is -3.39. The number of phenolic OH excluding ortho intramolecular Hbond substituents is 1. The minimum Gasteiger partial charge on any atom is -0.508 e. The summed E-state index contributed by atoms with van der Waals surface area (Å²) >= 11 is 0. The van der Waals surface area contributed by atoms with Crippen LogP contribution < -0.4 is 5.32 Å². The number of benzene rings is 1. The van der Waals surface area contributed by atoms with Crippen molar-refractivity contribution in [3.05, 3.63) is 29.2 Å². The predicted octanol–water partition coefficient (Wildman–Crippen LogP) is 1.52. The lowest BCUT2D eigenvalue weighted by Crippen LogP contribution is -2.24. The zero-order chi connectivity index (χ0) is 12.6. The van der Waals surface area contributed by atoms with E-state index in [2.05, 4.69) is 5.32 Å². The van der Waals surface area contributed by atoms with Gasteiger partial charge in [0.1, 0.15) is 5.75 Å². The second kappa shape index (κ2) is 4.16. The maximum Gasteiger partial charge on any atom is 0.200 e. The fourth-order valence-corrected chi connectivity index (χ4v) is 3.28. The highest BCUT2D eigenvalue weighted by molar-refractivity contribution is 7.95. The Labute approximate surface area is 101 Å². The Hall–Kier alpha value is -1.33. The van der Waals surface area contributed by atoms with Crippen molar-refractivity contribution in [1.29, 1.82) is 0 Å². The van der Waals surface area contributed by atoms with E-state index < -0.39 is 9.84 Å². The number of sulfone groups is 1. The molecule has 92 valence electrons. The first-order valence-electron chi connectivity index (χ1n) is 5.42. The van der Waals surface area contributed by atoms with Gasteiger partial charge >= 0.3 is 0 Å². The number of rotatable bonds is 3. The molecular formula is C12H15NO3S. The first-order valence-corrected chi connectivity index (χ1v) is 6.97. The molecule has 0 bridgehead atoms. The smallest absolute Gasteiger partial charge is 0.200 e. The summed E-state index contributed by atoms with van der Waals surface area (Å²) in [6.07, 6.45) is 0. The predicted molar refractivity (Wildman–Crippen MR) is 66.4 cm³/mol. The molecule has 5 heteroatoms. The summed E-state index contributed by atoms with van der Waals surface area (Å²) in [5.41, 5.74) is 1.42. The van der Waals surface area contributed by atoms with Gasteiger partial charge in [0.15, 0.2) is 0 Å². The summed E-state index contributed by atoms with van der Waals surface area (Å²) in [6, 6.07) is 4.73. The van der Waals surface area contributed by atoms with Crippen LogP contribution in [0, 0.1) is 0 Å². The lowest BCUT2D eigenvalue weighted by molar-refractivity contribution is 0.473. The molecule has 2 rings (SSSR count). The van der Waals surface area contributed by atoms with Crippen LogP contribution in [0.2, 0.25) is 0 Å². The standard InChI is InChI=1S/C12H15NO3S/c1-8(2)13-6-9-7-17(15,16)12-5-10(14)3-4-11(9)12/h3-5,7-8,13-14H,6H2,1-2H3. The number of aromatic hydroxyl groups is 1. The number of nitrogens with one attached hydrogen (secondary N) is 1. The molecular weight excluding hydrogens is 238 g/mol. The summed E-state index contributed by atoms with van der Waals surface area (Å²) < 4.78 is 23.7. The van der Waals surface area contributed by atoms with Crippen LogP contribution >= 0.6 is 0 Å². The normalized spacial score (nSPS) is 17.0. The molecule has 0 unspecified atom stereocenters. The molecule has 0 spiro atoms. The van der Waals surface area contributed by atoms with Gasteiger partial charge in [0.25, 0.3) is 0 Å². The first-order chi connectivity index (χ1) is 7.90. The minimum atomic E-state index is -3.39. The van der Waals surface area contributed by atoms with Crippen molar-refractivity contribution in [3.63, 3.8) is 0 Å². The molecule has 0 atom stereocenters. The molecule has 17 heavy (non-hydrogen) atoms. The fourth-order valence-electron chi connectivity index (χ4n) is 1.78. The van der Waals surface area contributed by atoms with Crippen molar-refractivity contribution in [1.82, 2.24) is 5.32 Å². The maximum absolute atomic E-state index is 11.8. The average molecular weight is 253 g/mol. The topological polar surface area (TPSA) is 66.4 Å². The summed E-state index contributed by atoms with van der Waals surface area (Å²) in [5, 5.41) is 13.8. The highest BCUT2D eigenvalue weighted by Gasteiger charge is 2.26. The lowest BCUT2D eigenvalue weighted by atomic mass is 10.1. The molecule has 0 aromatic heterocycles. The molecule has 0 saturated heterocycles. The zero-order valence-corrected chi connectivity index (χ0v) is 10.6. The average Bonchev–Trinajstić information content (AvgIpc) is 2.48. The number of phenols is 1. The Morgan fingerprint density at radius 3 is 2.71 bits per heavy atom. The van der Waals surface area contributed by atoms with Gasteiger partial charge in [0, 0.05) is 18.0 Å². The SMILES string of the molecule is CC(C)NCC1=CS(=O)(=O)c2cc(O)ccc21. The van der Waals surface area contributed by atoms with Gasteiger partial charge in [0.2, 0.25) is 9.84 Å². The molecule has 0 amide bonds. The van der Waals surface area contributed by atoms with Crippen LogP contribution in [0.4, 0.5) is 0 Å². The van der Waals surface area contributed by atoms with E-state index in [1.807, 2.05) is 13.8 Å². The van der Waals surface area contributed by atoms with Crippen LogP contribution in [0.25, 0.3) is 5.57 Å². The van der Waals surface area contributed by atoms with Gasteiger partial charge in [-0.1, -0.05) is 13.8 Å². The van der Waals surface area contributed by atoms with E-state index in [1.54, 1.807) is 6.07 Å². The molecule has 1 aromatic rings. The second-order valence-corrected chi connectivity index (χ2v) is 6.17. The molecule has 0 saturated carbocycles. The van der Waals surface area contributed by atoms with Crippen molar-refractivity contribution in [2.45, 2.75) is 24.8 Å². The van der Waals surface area contributed by atoms with Crippen molar-refractivity contribution in [3.8, 4) is 5.75 Å². The molecule has 1 aliphatic heterocycles. The fraction of sp³-hybridized carbons (Fsp3) is 0.333. The molecule has 0 fully saturated rings. The molecule has 0 aliphatic carbocycles. The van der Waals surface area contributed by atoms with E-state index in [0.717, 1.165) is 5.57 Å². The summed E-state index contributed by atoms with van der Waals surface area (Å²) in [4.78, 5) is 0.193. The molecule has 2 N–H and O–H groups in total. The molecule has 4 nitrogen and oxygen atoms in total. The van der Waals surface area contributed by atoms with Gasteiger partial charge in [-0.3, -0.25) is 0 Å². The number of hydrogen-bond donors (Lipinski definition) is 2. The molecule has 1 aromatic carbocycles. The van der Waals surface area contributed by atoms with E-state index in [4.69, 9.17) is 0 Å². The van der Waals surface area contributed by atoms with Gasteiger partial charge in [-0.25, -0.2) is 8.42 Å². The van der Waals surface area contributed by atoms with E-state index in [0.29, 0.717) is 18.2 Å². The van der Waals surface area contributed by atoms with Crippen molar-refractivity contribution in [2.24, 2.45) is 0 Å². The first kappa shape index (κ1) is 12.1. The van der Waals surface area contributed by atoms with E-state index >= 15 is 0 Å². The Morgan fingerprint density at radius 2 is 2.06 bits per heavy atom. The van der Waals surface area contributed by atoms with Gasteiger partial charge in [0.05, 0.1) is 4.90 Å². The van der Waals surface area contributed by atoms with Crippen LogP contribution in [-0.4, -0.2) is 26.1 Å². The third kappa shape index (κ3) is 2.35. The Bertz CT molecular complexity index is 573. The summed E-state index contributed by atoms with van der Waals surface area (Å²) in [6.45, 7) is 4.51. The summed E-state index contributed by atoms with van der Waals surface area (Å²) in [5.74, 6) is -0.0289. The van der Waals surface area contributed by atoms with Crippen LogP contribution in [0.15, 0.2) is 28.5 Å². The second-order valence-electron chi connectivity index (χ2n) is 4.40. The van der Waals surface area contributed by atoms with Crippen molar-refractivity contribution in [2.75, 3.05) is 6.54 Å². The Balaban J connectivity index is 2.40. The third-order valence-corrected chi connectivity index (χ3v) is 4.16. The lowest BCUT2D eigenvalue weighted by Gasteiger charge is -2.09. The van der Waals surface area contributed by atoms with E-state index in [-0.39, 0.29) is 10.6 Å². The molecule has 1 heterocycles. The van der Waals surface area contributed by atoms with Crippen LogP contribution in [-0.2, 0) is 9.84 Å². The minimum absolute atomic E-state index is 0.0289. The Morgan fingerprint density at radius 1 is 1.35 bits per heavy atom. The van der Waals surface area contributed by atoms with E-state index in [9.17, 15) is 13.5 Å². The van der Waals surface area contributed by atoms with Crippen LogP contribution in [0.3, 0.4) is 0 Å². The third-order valence-electron chi connectivity index (χ3n) is 2.62. The van der Waals surface area contributed by atoms with Gasteiger partial charge in [-0.15, -0.1) is 0 Å². The van der Waals surface area contributed by atoms with Crippen LogP contribution in [0.1, 0.15) is 19.4 Å². The molecule has 1 aliphatic rings. The largest absolute Gasteiger partial charge is 0.508 e. The number of hydrogen-bond acceptors (Lipinski definition) is 4. The van der Waals surface area contributed by atoms with Crippen LogP contribution in [0.5, 0.6) is 5.75 Å². The van der Waals surface area contributed by atoms with Gasteiger partial charge in [-0.2, -0.15) is 0 Å². The van der Waals surface area contributed by atoms with E-state index in [1.165, 1.54) is 17.5 Å².